The Morgan fingerprint density at radius 2 is 1.76 bits per heavy atom. The molecule has 0 unspecified atom stereocenters. The minimum Gasteiger partial charge on any atom is -0.494 e. The lowest BCUT2D eigenvalue weighted by Gasteiger charge is -2.11. The molecule has 0 aliphatic rings. The number of aromatic nitrogens is 2. The van der Waals surface area contributed by atoms with Crippen molar-refractivity contribution in [1.82, 2.24) is 9.55 Å². The molecule has 7 nitrogen and oxygen atoms in total. The third kappa shape index (κ3) is 5.12. The number of hydrogen-bond donors (Lipinski definition) is 1. The van der Waals surface area contributed by atoms with E-state index < -0.39 is 0 Å². The summed E-state index contributed by atoms with van der Waals surface area (Å²) in [6.45, 7) is 8.27. The molecule has 4 rings (SSSR count). The second-order valence-electron chi connectivity index (χ2n) is 8.09. The normalized spacial score (nSPS) is 11.1. The molecule has 34 heavy (non-hydrogen) atoms. The van der Waals surface area contributed by atoms with Gasteiger partial charge in [0.15, 0.2) is 0 Å². The Hall–Kier alpha value is -3.65. The fraction of sp³-hybridized carbons (Fsp3) is 0.269. The van der Waals surface area contributed by atoms with Crippen LogP contribution in [0, 0.1) is 6.92 Å². The Morgan fingerprint density at radius 3 is 2.41 bits per heavy atom. The van der Waals surface area contributed by atoms with E-state index in [1.165, 1.54) is 22.2 Å². The second kappa shape index (κ2) is 10.1. The van der Waals surface area contributed by atoms with Gasteiger partial charge in [-0.15, -0.1) is 11.3 Å². The molecule has 0 radical (unpaired) electrons. The number of amides is 1. The molecule has 0 fully saturated rings. The summed E-state index contributed by atoms with van der Waals surface area (Å²) in [7, 11) is 0. The van der Waals surface area contributed by atoms with Gasteiger partial charge in [-0.2, -0.15) is 0 Å². The van der Waals surface area contributed by atoms with E-state index in [2.05, 4.69) is 10.3 Å². The molecule has 2 heterocycles. The lowest BCUT2D eigenvalue weighted by atomic mass is 10.0. The number of thiophene rings is 1. The fourth-order valence-corrected chi connectivity index (χ4v) is 4.73. The molecule has 4 aromatic rings. The van der Waals surface area contributed by atoms with E-state index in [0.29, 0.717) is 22.5 Å². The summed E-state index contributed by atoms with van der Waals surface area (Å²) in [5, 5.41) is 3.35. The zero-order valence-electron chi connectivity index (χ0n) is 19.6. The molecular formula is C26H27N3O4S. The van der Waals surface area contributed by atoms with Gasteiger partial charge in [0.25, 0.3) is 5.56 Å². The topological polar surface area (TPSA) is 82.5 Å². The highest BCUT2D eigenvalue weighted by Crippen LogP contribution is 2.36. The van der Waals surface area contributed by atoms with Crippen LogP contribution in [0.1, 0.15) is 25.6 Å². The first kappa shape index (κ1) is 23.5. The van der Waals surface area contributed by atoms with Gasteiger partial charge in [0.05, 0.1) is 24.4 Å². The van der Waals surface area contributed by atoms with Crippen molar-refractivity contribution in [3.8, 4) is 22.6 Å². The third-order valence-electron chi connectivity index (χ3n) is 5.13. The van der Waals surface area contributed by atoms with Gasteiger partial charge < -0.3 is 14.8 Å². The number of ether oxygens (including phenoxy) is 2. The summed E-state index contributed by atoms with van der Waals surface area (Å²) < 4.78 is 12.5. The Kier molecular flexibility index (Phi) is 6.98. The average Bonchev–Trinajstić information content (AvgIpc) is 3.14. The van der Waals surface area contributed by atoms with Crippen molar-refractivity contribution < 1.29 is 14.3 Å². The molecular weight excluding hydrogens is 450 g/mol. The molecule has 2 aromatic carbocycles. The van der Waals surface area contributed by atoms with Gasteiger partial charge in [0.1, 0.15) is 22.9 Å². The molecule has 0 aliphatic carbocycles. The van der Waals surface area contributed by atoms with Crippen LogP contribution in [0.2, 0.25) is 0 Å². The molecule has 0 saturated carbocycles. The summed E-state index contributed by atoms with van der Waals surface area (Å²) in [5.74, 6) is 1.20. The lowest BCUT2D eigenvalue weighted by Crippen LogP contribution is -2.27. The standard InChI is InChI=1S/C26H27N3O4S/c1-5-32-20-10-6-18(7-11-20)23-17(4)34-25-24(23)26(31)29(15-27-25)14-22(30)28-19-8-12-21(13-9-19)33-16(2)3/h6-13,15-16H,5,14H2,1-4H3,(H,28,30). The maximum atomic E-state index is 13.3. The zero-order valence-corrected chi connectivity index (χ0v) is 20.4. The van der Waals surface area contributed by atoms with Crippen molar-refractivity contribution in [2.24, 2.45) is 0 Å². The molecule has 176 valence electrons. The first-order valence-electron chi connectivity index (χ1n) is 11.1. The van der Waals surface area contributed by atoms with Crippen LogP contribution in [0.25, 0.3) is 21.3 Å². The molecule has 8 heteroatoms. The summed E-state index contributed by atoms with van der Waals surface area (Å²) in [5.41, 5.74) is 2.15. The second-order valence-corrected chi connectivity index (χ2v) is 9.29. The summed E-state index contributed by atoms with van der Waals surface area (Å²) in [6, 6.07) is 14.8. The van der Waals surface area contributed by atoms with Crippen molar-refractivity contribution >= 4 is 33.1 Å². The smallest absolute Gasteiger partial charge is 0.263 e. The number of benzene rings is 2. The monoisotopic (exact) mass is 477 g/mol. The van der Waals surface area contributed by atoms with E-state index in [0.717, 1.165) is 27.5 Å². The van der Waals surface area contributed by atoms with Crippen LogP contribution in [-0.4, -0.2) is 28.2 Å². The maximum Gasteiger partial charge on any atom is 0.263 e. The average molecular weight is 478 g/mol. The van der Waals surface area contributed by atoms with E-state index in [-0.39, 0.29) is 24.1 Å². The Bertz CT molecular complexity index is 1360. The predicted molar refractivity (Wildman–Crippen MR) is 136 cm³/mol. The van der Waals surface area contributed by atoms with Crippen LogP contribution >= 0.6 is 11.3 Å². The first-order valence-corrected chi connectivity index (χ1v) is 12.0. The van der Waals surface area contributed by atoms with Crippen LogP contribution < -0.4 is 20.3 Å². The van der Waals surface area contributed by atoms with Gasteiger partial charge in [0, 0.05) is 16.1 Å². The van der Waals surface area contributed by atoms with E-state index in [1.807, 2.05) is 52.0 Å². The van der Waals surface area contributed by atoms with Crippen LogP contribution in [0.3, 0.4) is 0 Å². The van der Waals surface area contributed by atoms with E-state index >= 15 is 0 Å². The van der Waals surface area contributed by atoms with Crippen molar-refractivity contribution in [3.63, 3.8) is 0 Å². The highest BCUT2D eigenvalue weighted by molar-refractivity contribution is 7.19. The summed E-state index contributed by atoms with van der Waals surface area (Å²) in [6.07, 6.45) is 1.50. The lowest BCUT2D eigenvalue weighted by molar-refractivity contribution is -0.116. The SMILES string of the molecule is CCOc1ccc(-c2c(C)sc3ncn(CC(=O)Nc4ccc(OC(C)C)cc4)c(=O)c23)cc1. The Labute approximate surface area is 202 Å². The number of carbonyl (C=O) groups excluding carboxylic acids is 1. The quantitative estimate of drug-likeness (QED) is 0.374. The summed E-state index contributed by atoms with van der Waals surface area (Å²) >= 11 is 1.47. The van der Waals surface area contributed by atoms with Crippen LogP contribution in [0.15, 0.2) is 59.7 Å². The van der Waals surface area contributed by atoms with Gasteiger partial charge in [-0.25, -0.2) is 4.98 Å². The van der Waals surface area contributed by atoms with Gasteiger partial charge in [-0.3, -0.25) is 14.2 Å². The molecule has 0 aliphatic heterocycles. The number of carbonyl (C=O) groups is 1. The molecule has 1 N–H and O–H groups in total. The molecule has 0 saturated heterocycles. The number of fused-ring (bicyclic) bond motifs is 1. The highest BCUT2D eigenvalue weighted by Gasteiger charge is 2.18. The number of nitrogens with zero attached hydrogens (tertiary/aromatic N) is 2. The molecule has 0 bridgehead atoms. The van der Waals surface area contributed by atoms with Crippen LogP contribution in [-0.2, 0) is 11.3 Å². The van der Waals surface area contributed by atoms with Crippen molar-refractivity contribution in [2.45, 2.75) is 40.3 Å². The highest BCUT2D eigenvalue weighted by atomic mass is 32.1. The van der Waals surface area contributed by atoms with Gasteiger partial charge in [0.2, 0.25) is 5.91 Å². The van der Waals surface area contributed by atoms with Gasteiger partial charge in [-0.05, 0) is 69.7 Å². The Balaban J connectivity index is 1.58. The minimum absolute atomic E-state index is 0.0722. The largest absolute Gasteiger partial charge is 0.494 e. The predicted octanol–water partition coefficient (Wildman–Crippen LogP) is 5.26. The van der Waals surface area contributed by atoms with Crippen molar-refractivity contribution in [2.75, 3.05) is 11.9 Å². The van der Waals surface area contributed by atoms with E-state index in [1.54, 1.807) is 24.3 Å². The number of anilines is 1. The maximum absolute atomic E-state index is 13.3. The Morgan fingerprint density at radius 1 is 1.09 bits per heavy atom. The van der Waals surface area contributed by atoms with Crippen LogP contribution in [0.5, 0.6) is 11.5 Å². The van der Waals surface area contributed by atoms with Gasteiger partial charge in [-0.1, -0.05) is 12.1 Å². The van der Waals surface area contributed by atoms with Gasteiger partial charge >= 0.3 is 0 Å². The first-order chi connectivity index (χ1) is 16.4. The number of rotatable bonds is 8. The molecule has 0 spiro atoms. The zero-order chi connectivity index (χ0) is 24.2. The summed E-state index contributed by atoms with van der Waals surface area (Å²) in [4.78, 5) is 32.1. The minimum atomic E-state index is -0.310. The van der Waals surface area contributed by atoms with E-state index in [9.17, 15) is 9.59 Å². The van der Waals surface area contributed by atoms with E-state index in [4.69, 9.17) is 9.47 Å². The molecule has 2 aromatic heterocycles. The fourth-order valence-electron chi connectivity index (χ4n) is 3.73. The van der Waals surface area contributed by atoms with Crippen molar-refractivity contribution in [3.05, 3.63) is 70.1 Å². The molecule has 0 atom stereocenters. The third-order valence-corrected chi connectivity index (χ3v) is 6.15. The van der Waals surface area contributed by atoms with Crippen LogP contribution in [0.4, 0.5) is 5.69 Å². The number of hydrogen-bond acceptors (Lipinski definition) is 6. The molecule has 1 amide bonds. The number of aryl methyl sites for hydroxylation is 1. The number of nitrogens with one attached hydrogen (secondary N) is 1. The van der Waals surface area contributed by atoms with Crippen molar-refractivity contribution in [1.29, 1.82) is 0 Å².